The molecule has 0 aromatic heterocycles. The van der Waals surface area contributed by atoms with E-state index < -0.39 is 6.10 Å². The topological polar surface area (TPSA) is 64.5 Å². The van der Waals surface area contributed by atoms with Gasteiger partial charge in [-0.15, -0.1) is 0 Å². The molecule has 0 saturated heterocycles. The Kier molecular flexibility index (Phi) is 7.71. The third-order valence-corrected chi connectivity index (χ3v) is 5.33. The summed E-state index contributed by atoms with van der Waals surface area (Å²) in [6, 6.07) is 14.5. The van der Waals surface area contributed by atoms with E-state index in [1.165, 1.54) is 16.7 Å². The van der Waals surface area contributed by atoms with Gasteiger partial charge in [0.15, 0.2) is 11.5 Å². The SMILES string of the molecule is COc1ccc(CC[NH2+]C[C@H](O)CO[C@@H]2CCCc3ccccc32)cc1OC. The summed E-state index contributed by atoms with van der Waals surface area (Å²) in [5.41, 5.74) is 3.87. The Morgan fingerprint density at radius 3 is 2.75 bits per heavy atom. The number of hydrogen-bond donors (Lipinski definition) is 2. The molecule has 2 aromatic carbocycles. The number of hydrogen-bond acceptors (Lipinski definition) is 4. The van der Waals surface area contributed by atoms with Gasteiger partial charge in [-0.3, -0.25) is 0 Å². The third kappa shape index (κ3) is 5.47. The highest BCUT2D eigenvalue weighted by atomic mass is 16.5. The van der Waals surface area contributed by atoms with E-state index in [1.54, 1.807) is 14.2 Å². The molecule has 0 amide bonds. The summed E-state index contributed by atoms with van der Waals surface area (Å²) in [4.78, 5) is 0. The average molecular weight is 387 g/mol. The van der Waals surface area contributed by atoms with Crippen LogP contribution in [0.4, 0.5) is 0 Å². The zero-order valence-corrected chi connectivity index (χ0v) is 16.9. The van der Waals surface area contributed by atoms with Gasteiger partial charge in [-0.05, 0) is 48.1 Å². The summed E-state index contributed by atoms with van der Waals surface area (Å²) < 4.78 is 16.7. The van der Waals surface area contributed by atoms with Crippen LogP contribution in [0.3, 0.4) is 0 Å². The largest absolute Gasteiger partial charge is 0.493 e. The molecule has 152 valence electrons. The van der Waals surface area contributed by atoms with Crippen LogP contribution in [0.15, 0.2) is 42.5 Å². The molecule has 0 unspecified atom stereocenters. The Balaban J connectivity index is 1.38. The van der Waals surface area contributed by atoms with Crippen molar-refractivity contribution in [2.24, 2.45) is 0 Å². The van der Waals surface area contributed by atoms with E-state index in [9.17, 15) is 5.11 Å². The highest BCUT2D eigenvalue weighted by molar-refractivity contribution is 5.42. The predicted molar refractivity (Wildman–Crippen MR) is 109 cm³/mol. The number of quaternary nitrogens is 1. The molecular weight excluding hydrogens is 354 g/mol. The van der Waals surface area contributed by atoms with Crippen molar-refractivity contribution in [2.75, 3.05) is 33.9 Å². The third-order valence-electron chi connectivity index (χ3n) is 5.33. The molecule has 0 saturated carbocycles. The van der Waals surface area contributed by atoms with Gasteiger partial charge < -0.3 is 24.6 Å². The van der Waals surface area contributed by atoms with Gasteiger partial charge in [0.2, 0.25) is 0 Å². The van der Waals surface area contributed by atoms with E-state index in [-0.39, 0.29) is 6.10 Å². The first-order valence-electron chi connectivity index (χ1n) is 10.1. The Morgan fingerprint density at radius 2 is 1.93 bits per heavy atom. The molecule has 3 rings (SSSR count). The zero-order valence-electron chi connectivity index (χ0n) is 16.9. The fourth-order valence-corrected chi connectivity index (χ4v) is 3.79. The van der Waals surface area contributed by atoms with Crippen molar-refractivity contribution >= 4 is 0 Å². The van der Waals surface area contributed by atoms with Crippen LogP contribution >= 0.6 is 0 Å². The summed E-state index contributed by atoms with van der Waals surface area (Å²) in [5, 5.41) is 12.4. The molecule has 5 heteroatoms. The molecule has 0 aliphatic heterocycles. The van der Waals surface area contributed by atoms with Crippen LogP contribution in [0.1, 0.15) is 35.6 Å². The summed E-state index contributed by atoms with van der Waals surface area (Å²) in [7, 11) is 3.29. The predicted octanol–water partition coefficient (Wildman–Crippen LogP) is 2.26. The first-order chi connectivity index (χ1) is 13.7. The smallest absolute Gasteiger partial charge is 0.160 e. The summed E-state index contributed by atoms with van der Waals surface area (Å²) in [5.74, 6) is 1.49. The average Bonchev–Trinajstić information content (AvgIpc) is 2.75. The normalized spacial score (nSPS) is 17.0. The van der Waals surface area contributed by atoms with Crippen molar-refractivity contribution in [3.63, 3.8) is 0 Å². The number of benzene rings is 2. The molecule has 0 heterocycles. The Bertz CT molecular complexity index is 749. The standard InChI is InChI=1S/C23H31NO4/c1-26-22-11-10-17(14-23(22)27-2)12-13-24-15-19(25)16-28-21-9-5-7-18-6-3-4-8-20(18)21/h3-4,6,8,10-11,14,19,21,24-25H,5,7,9,12-13,15-16H2,1-2H3/p+1/t19-,21+/m0/s1. The number of methoxy groups -OCH3 is 2. The lowest BCUT2D eigenvalue weighted by atomic mass is 9.89. The Labute approximate surface area is 167 Å². The quantitative estimate of drug-likeness (QED) is 0.615. The molecule has 0 bridgehead atoms. The molecule has 5 nitrogen and oxygen atoms in total. The van der Waals surface area contributed by atoms with Gasteiger partial charge in [0.25, 0.3) is 0 Å². The summed E-state index contributed by atoms with van der Waals surface area (Å²) in [6.45, 7) is 1.92. The van der Waals surface area contributed by atoms with Gasteiger partial charge in [0.1, 0.15) is 12.6 Å². The Hall–Kier alpha value is -2.08. The minimum Gasteiger partial charge on any atom is -0.493 e. The van der Waals surface area contributed by atoms with E-state index in [4.69, 9.17) is 14.2 Å². The van der Waals surface area contributed by atoms with Gasteiger partial charge >= 0.3 is 0 Å². The van der Waals surface area contributed by atoms with Crippen LogP contribution in [0.5, 0.6) is 11.5 Å². The summed E-state index contributed by atoms with van der Waals surface area (Å²) >= 11 is 0. The van der Waals surface area contributed by atoms with Crippen LogP contribution in [0, 0.1) is 0 Å². The summed E-state index contributed by atoms with van der Waals surface area (Å²) in [6.07, 6.45) is 3.87. The highest BCUT2D eigenvalue weighted by Crippen LogP contribution is 2.32. The van der Waals surface area contributed by atoms with Crippen LogP contribution in [0.2, 0.25) is 0 Å². The van der Waals surface area contributed by atoms with Crippen molar-refractivity contribution < 1.29 is 24.6 Å². The van der Waals surface area contributed by atoms with Crippen molar-refractivity contribution in [3.8, 4) is 11.5 Å². The van der Waals surface area contributed by atoms with Gasteiger partial charge in [0.05, 0.1) is 33.5 Å². The van der Waals surface area contributed by atoms with Crippen LogP contribution in [-0.2, 0) is 17.6 Å². The first kappa shape index (κ1) is 20.6. The molecule has 28 heavy (non-hydrogen) atoms. The second kappa shape index (κ2) is 10.5. The molecule has 3 N–H and O–H groups in total. The molecule has 2 atom stereocenters. The van der Waals surface area contributed by atoms with Crippen LogP contribution in [-0.4, -0.2) is 45.1 Å². The number of ether oxygens (including phenoxy) is 3. The van der Waals surface area contributed by atoms with Gasteiger partial charge in [0, 0.05) is 6.42 Å². The minimum absolute atomic E-state index is 0.117. The number of aryl methyl sites for hydroxylation is 1. The van der Waals surface area contributed by atoms with Gasteiger partial charge in [-0.25, -0.2) is 0 Å². The lowest BCUT2D eigenvalue weighted by Gasteiger charge is -2.26. The van der Waals surface area contributed by atoms with E-state index in [1.807, 2.05) is 12.1 Å². The molecule has 0 radical (unpaired) electrons. The second-order valence-corrected chi connectivity index (χ2v) is 7.32. The lowest BCUT2D eigenvalue weighted by molar-refractivity contribution is -0.660. The molecule has 1 aliphatic carbocycles. The van der Waals surface area contributed by atoms with Crippen molar-refractivity contribution in [1.82, 2.24) is 0 Å². The van der Waals surface area contributed by atoms with E-state index >= 15 is 0 Å². The number of fused-ring (bicyclic) bond motifs is 1. The zero-order chi connectivity index (χ0) is 19.8. The molecule has 0 spiro atoms. The van der Waals surface area contributed by atoms with E-state index in [0.717, 1.165) is 43.7 Å². The van der Waals surface area contributed by atoms with Crippen LogP contribution in [0.25, 0.3) is 0 Å². The highest BCUT2D eigenvalue weighted by Gasteiger charge is 2.21. The van der Waals surface area contributed by atoms with E-state index in [0.29, 0.717) is 13.2 Å². The maximum absolute atomic E-state index is 10.3. The van der Waals surface area contributed by atoms with Crippen molar-refractivity contribution in [2.45, 2.75) is 37.9 Å². The number of aliphatic hydroxyl groups is 1. The fraction of sp³-hybridized carbons (Fsp3) is 0.478. The number of nitrogens with two attached hydrogens (primary N) is 1. The maximum atomic E-state index is 10.3. The molecular formula is C23H32NO4+. The maximum Gasteiger partial charge on any atom is 0.160 e. The molecule has 0 fully saturated rings. The van der Waals surface area contributed by atoms with Gasteiger partial charge in [-0.1, -0.05) is 30.3 Å². The second-order valence-electron chi connectivity index (χ2n) is 7.32. The number of rotatable bonds is 10. The Morgan fingerprint density at radius 1 is 1.11 bits per heavy atom. The van der Waals surface area contributed by atoms with E-state index in [2.05, 4.69) is 35.6 Å². The van der Waals surface area contributed by atoms with Crippen LogP contribution < -0.4 is 14.8 Å². The first-order valence-corrected chi connectivity index (χ1v) is 10.1. The van der Waals surface area contributed by atoms with Crippen molar-refractivity contribution in [1.29, 1.82) is 0 Å². The minimum atomic E-state index is -0.459. The molecule has 2 aromatic rings. The van der Waals surface area contributed by atoms with Gasteiger partial charge in [-0.2, -0.15) is 0 Å². The fourth-order valence-electron chi connectivity index (χ4n) is 3.79. The monoisotopic (exact) mass is 386 g/mol. The van der Waals surface area contributed by atoms with Crippen molar-refractivity contribution in [3.05, 3.63) is 59.2 Å². The molecule has 1 aliphatic rings. The lowest BCUT2D eigenvalue weighted by Crippen LogP contribution is -2.87. The number of aliphatic hydroxyl groups excluding tert-OH is 1.